The smallest absolute Gasteiger partial charge is 0.263 e. The van der Waals surface area contributed by atoms with Crippen molar-refractivity contribution in [2.45, 2.75) is 32.6 Å². The second-order valence-corrected chi connectivity index (χ2v) is 7.39. The van der Waals surface area contributed by atoms with Gasteiger partial charge in [-0.1, -0.05) is 25.5 Å². The van der Waals surface area contributed by atoms with Crippen LogP contribution in [0.3, 0.4) is 0 Å². The van der Waals surface area contributed by atoms with E-state index < -0.39 is 11.5 Å². The normalized spacial score (nSPS) is 10.5. The largest absolute Gasteiger partial charge is 0.328 e. The number of unbranched alkanes of at least 4 members (excludes halogenated alkanes) is 1. The Morgan fingerprint density at radius 2 is 1.93 bits per heavy atom. The van der Waals surface area contributed by atoms with Gasteiger partial charge in [-0.05, 0) is 42.7 Å². The molecular weight excluding hydrogens is 388 g/mol. The number of aromatic amines is 1. The van der Waals surface area contributed by atoms with E-state index in [2.05, 4.69) is 27.5 Å². The third kappa shape index (κ3) is 5.86. The van der Waals surface area contributed by atoms with E-state index in [-0.39, 0.29) is 17.9 Å². The summed E-state index contributed by atoms with van der Waals surface area (Å²) in [5, 5.41) is 7.47. The van der Waals surface area contributed by atoms with Crippen molar-refractivity contribution in [2.75, 3.05) is 10.6 Å². The van der Waals surface area contributed by atoms with Crippen LogP contribution in [0.4, 0.5) is 10.8 Å². The number of hydrogen-bond donors (Lipinski definition) is 3. The molecule has 3 aromatic rings. The zero-order chi connectivity index (χ0) is 20.6. The van der Waals surface area contributed by atoms with Crippen LogP contribution in [0.1, 0.15) is 41.4 Å². The molecular formula is C21H22N4O3S. The van der Waals surface area contributed by atoms with E-state index in [1.54, 1.807) is 11.4 Å². The molecule has 0 atom stereocenters. The number of aryl methyl sites for hydroxylation is 1. The number of rotatable bonds is 8. The fourth-order valence-corrected chi connectivity index (χ4v) is 3.42. The number of amides is 2. The fourth-order valence-electron chi connectivity index (χ4n) is 2.72. The molecule has 0 radical (unpaired) electrons. The summed E-state index contributed by atoms with van der Waals surface area (Å²) in [5.74, 6) is -0.727. The summed E-state index contributed by atoms with van der Waals surface area (Å²) < 4.78 is 0. The highest BCUT2D eigenvalue weighted by Crippen LogP contribution is 2.17. The van der Waals surface area contributed by atoms with Crippen LogP contribution in [0.5, 0.6) is 0 Å². The van der Waals surface area contributed by atoms with Crippen molar-refractivity contribution in [2.24, 2.45) is 0 Å². The third-order valence-electron chi connectivity index (χ3n) is 4.23. The van der Waals surface area contributed by atoms with Crippen molar-refractivity contribution >= 4 is 34.0 Å². The molecule has 1 aromatic carbocycles. The van der Waals surface area contributed by atoms with Crippen molar-refractivity contribution < 1.29 is 9.59 Å². The zero-order valence-electron chi connectivity index (χ0n) is 16.0. The van der Waals surface area contributed by atoms with Crippen molar-refractivity contribution in [3.63, 3.8) is 0 Å². The topological polar surface area (TPSA) is 104 Å². The average Bonchev–Trinajstić information content (AvgIpc) is 3.14. The monoisotopic (exact) mass is 410 g/mol. The van der Waals surface area contributed by atoms with Crippen LogP contribution in [0.2, 0.25) is 0 Å². The van der Waals surface area contributed by atoms with Crippen LogP contribution < -0.4 is 16.2 Å². The molecule has 7 nitrogen and oxygen atoms in total. The molecule has 0 aliphatic carbocycles. The van der Waals surface area contributed by atoms with Gasteiger partial charge in [0.05, 0.1) is 12.1 Å². The molecule has 0 aliphatic rings. The minimum atomic E-state index is -0.541. The molecule has 150 valence electrons. The van der Waals surface area contributed by atoms with E-state index >= 15 is 0 Å². The first kappa shape index (κ1) is 20.5. The molecule has 0 unspecified atom stereocenters. The number of anilines is 2. The number of benzene rings is 1. The molecule has 2 aromatic heterocycles. The van der Waals surface area contributed by atoms with E-state index in [1.807, 2.05) is 24.3 Å². The molecule has 0 bridgehead atoms. The van der Waals surface area contributed by atoms with Crippen LogP contribution in [0.25, 0.3) is 0 Å². The van der Waals surface area contributed by atoms with Crippen molar-refractivity contribution in [1.29, 1.82) is 0 Å². The Morgan fingerprint density at radius 3 is 2.66 bits per heavy atom. The van der Waals surface area contributed by atoms with Gasteiger partial charge in [-0.2, -0.15) is 0 Å². The predicted octanol–water partition coefficient (Wildman–Crippen LogP) is 3.61. The number of pyridine rings is 1. The van der Waals surface area contributed by atoms with Crippen LogP contribution in [0, 0.1) is 0 Å². The minimum Gasteiger partial charge on any atom is -0.328 e. The van der Waals surface area contributed by atoms with Crippen LogP contribution in [-0.2, 0) is 17.6 Å². The van der Waals surface area contributed by atoms with E-state index in [1.165, 1.54) is 29.2 Å². The average molecular weight is 410 g/mol. The van der Waals surface area contributed by atoms with E-state index in [4.69, 9.17) is 0 Å². The maximum Gasteiger partial charge on any atom is 0.263 e. The standard InChI is InChI=1S/C21H22N4O3S/c1-2-3-5-14-7-9-15(10-8-14)23-18(26)12-16-13-29-21(24-16)25-20(28)17-6-4-11-22-19(17)27/h4,6-11,13H,2-3,5,12H2,1H3,(H,22,27)(H,23,26)(H,24,25,28). The summed E-state index contributed by atoms with van der Waals surface area (Å²) in [6.07, 6.45) is 4.88. The van der Waals surface area contributed by atoms with E-state index in [0.29, 0.717) is 10.8 Å². The maximum atomic E-state index is 12.3. The second kappa shape index (κ2) is 9.79. The first-order valence-electron chi connectivity index (χ1n) is 9.37. The van der Waals surface area contributed by atoms with Gasteiger partial charge in [0.2, 0.25) is 5.91 Å². The van der Waals surface area contributed by atoms with Crippen molar-refractivity contribution in [3.8, 4) is 0 Å². The Hall–Kier alpha value is -3.26. The van der Waals surface area contributed by atoms with Gasteiger partial charge in [-0.15, -0.1) is 11.3 Å². The van der Waals surface area contributed by atoms with E-state index in [9.17, 15) is 14.4 Å². The number of nitrogens with zero attached hydrogens (tertiary/aromatic N) is 1. The van der Waals surface area contributed by atoms with Crippen LogP contribution in [-0.4, -0.2) is 21.8 Å². The molecule has 2 amide bonds. The number of hydrogen-bond acceptors (Lipinski definition) is 5. The highest BCUT2D eigenvalue weighted by Gasteiger charge is 2.13. The fraction of sp³-hybridized carbons (Fsp3) is 0.238. The lowest BCUT2D eigenvalue weighted by Gasteiger charge is -2.06. The summed E-state index contributed by atoms with van der Waals surface area (Å²) in [4.78, 5) is 42.8. The van der Waals surface area contributed by atoms with Gasteiger partial charge in [0.15, 0.2) is 5.13 Å². The van der Waals surface area contributed by atoms with Gasteiger partial charge in [0.25, 0.3) is 11.5 Å². The molecule has 0 spiro atoms. The van der Waals surface area contributed by atoms with Gasteiger partial charge in [-0.3, -0.25) is 19.7 Å². The Morgan fingerprint density at radius 1 is 1.14 bits per heavy atom. The summed E-state index contributed by atoms with van der Waals surface area (Å²) >= 11 is 1.20. The number of aromatic nitrogens is 2. The Balaban J connectivity index is 1.54. The van der Waals surface area contributed by atoms with Crippen molar-refractivity contribution in [3.05, 3.63) is 75.1 Å². The van der Waals surface area contributed by atoms with Gasteiger partial charge in [0.1, 0.15) is 5.56 Å². The first-order chi connectivity index (χ1) is 14.0. The summed E-state index contributed by atoms with van der Waals surface area (Å²) in [5.41, 5.74) is 2.07. The molecule has 8 heteroatoms. The van der Waals surface area contributed by atoms with Gasteiger partial charge < -0.3 is 10.3 Å². The number of carbonyl (C=O) groups excluding carboxylic acids is 2. The Labute approximate surface area is 172 Å². The number of carbonyl (C=O) groups is 2. The van der Waals surface area contributed by atoms with Crippen molar-refractivity contribution in [1.82, 2.24) is 9.97 Å². The summed E-state index contributed by atoms with van der Waals surface area (Å²) in [6.45, 7) is 2.16. The second-order valence-electron chi connectivity index (χ2n) is 6.54. The summed E-state index contributed by atoms with van der Waals surface area (Å²) in [6, 6.07) is 10.8. The molecule has 3 rings (SSSR count). The van der Waals surface area contributed by atoms with E-state index in [0.717, 1.165) is 24.9 Å². The Bertz CT molecular complexity index is 1040. The maximum absolute atomic E-state index is 12.3. The lowest BCUT2D eigenvalue weighted by molar-refractivity contribution is -0.115. The molecule has 0 saturated carbocycles. The Kier molecular flexibility index (Phi) is 6.91. The molecule has 3 N–H and O–H groups in total. The predicted molar refractivity (Wildman–Crippen MR) is 115 cm³/mol. The number of thiazole rings is 1. The SMILES string of the molecule is CCCCc1ccc(NC(=O)Cc2csc(NC(=O)c3ccc[nH]c3=O)n2)cc1. The molecule has 0 fully saturated rings. The molecule has 0 aliphatic heterocycles. The highest BCUT2D eigenvalue weighted by atomic mass is 32.1. The lowest BCUT2D eigenvalue weighted by atomic mass is 10.1. The summed E-state index contributed by atoms with van der Waals surface area (Å²) in [7, 11) is 0. The molecule has 0 saturated heterocycles. The number of nitrogens with one attached hydrogen (secondary N) is 3. The van der Waals surface area contributed by atoms with Gasteiger partial charge >= 0.3 is 0 Å². The lowest BCUT2D eigenvalue weighted by Crippen LogP contribution is -2.22. The van der Waals surface area contributed by atoms with Crippen LogP contribution >= 0.6 is 11.3 Å². The van der Waals surface area contributed by atoms with Gasteiger partial charge in [0, 0.05) is 17.3 Å². The quantitative estimate of drug-likeness (QED) is 0.528. The van der Waals surface area contributed by atoms with Gasteiger partial charge in [-0.25, -0.2) is 4.98 Å². The van der Waals surface area contributed by atoms with Crippen LogP contribution in [0.15, 0.2) is 52.8 Å². The molecule has 2 heterocycles. The highest BCUT2D eigenvalue weighted by molar-refractivity contribution is 7.14. The molecule has 29 heavy (non-hydrogen) atoms. The zero-order valence-corrected chi connectivity index (χ0v) is 16.8. The number of H-pyrrole nitrogens is 1. The first-order valence-corrected chi connectivity index (χ1v) is 10.3. The third-order valence-corrected chi connectivity index (χ3v) is 5.04. The minimum absolute atomic E-state index is 0.00405.